The first-order valence-electron chi connectivity index (χ1n) is 8.90. The van der Waals surface area contributed by atoms with Gasteiger partial charge in [0.05, 0.1) is 18.2 Å². The van der Waals surface area contributed by atoms with Crippen LogP contribution in [0.25, 0.3) is 0 Å². The van der Waals surface area contributed by atoms with Crippen molar-refractivity contribution in [1.29, 1.82) is 0 Å². The summed E-state index contributed by atoms with van der Waals surface area (Å²) in [4.78, 5) is 31.0. The van der Waals surface area contributed by atoms with Crippen molar-refractivity contribution >= 4 is 46.4 Å². The number of benzene rings is 2. The predicted octanol–water partition coefficient (Wildman–Crippen LogP) is 3.45. The zero-order valence-electron chi connectivity index (χ0n) is 14.6. The first-order valence-corrected chi connectivity index (χ1v) is 9.65. The summed E-state index contributed by atoms with van der Waals surface area (Å²) >= 11 is 12.0. The van der Waals surface area contributed by atoms with Gasteiger partial charge in [-0.3, -0.25) is 14.5 Å². The summed E-state index contributed by atoms with van der Waals surface area (Å²) in [5.74, 6) is -0.338. The van der Waals surface area contributed by atoms with Crippen LogP contribution in [-0.4, -0.2) is 48.9 Å². The molecule has 140 valence electrons. The Hall–Kier alpha value is -2.08. The summed E-state index contributed by atoms with van der Waals surface area (Å²) in [5, 5.41) is 1.22. The van der Waals surface area contributed by atoms with Gasteiger partial charge in [0.1, 0.15) is 0 Å². The van der Waals surface area contributed by atoms with Gasteiger partial charge >= 0.3 is 0 Å². The van der Waals surface area contributed by atoms with Crippen molar-refractivity contribution in [3.63, 3.8) is 0 Å². The van der Waals surface area contributed by atoms with Gasteiger partial charge in [0, 0.05) is 41.9 Å². The average molecular weight is 404 g/mol. The molecule has 5 nitrogen and oxygen atoms in total. The number of carbonyl (C=O) groups is 2. The fourth-order valence-corrected chi connectivity index (χ4v) is 4.04. The smallest absolute Gasteiger partial charge is 0.251 e. The highest BCUT2D eigenvalue weighted by Crippen LogP contribution is 2.28. The van der Waals surface area contributed by atoms with Crippen molar-refractivity contribution in [3.05, 3.63) is 58.6 Å². The Morgan fingerprint density at radius 3 is 2.19 bits per heavy atom. The van der Waals surface area contributed by atoms with E-state index in [2.05, 4.69) is 9.80 Å². The predicted molar refractivity (Wildman–Crippen MR) is 108 cm³/mol. The molecule has 2 aromatic rings. The Bertz CT molecular complexity index is 864. The molecule has 2 aliphatic rings. The molecule has 0 bridgehead atoms. The van der Waals surface area contributed by atoms with E-state index in [0.29, 0.717) is 15.7 Å². The van der Waals surface area contributed by atoms with E-state index in [9.17, 15) is 9.59 Å². The third-order valence-electron chi connectivity index (χ3n) is 5.14. The Morgan fingerprint density at radius 2 is 1.52 bits per heavy atom. The highest BCUT2D eigenvalue weighted by atomic mass is 35.5. The lowest BCUT2D eigenvalue weighted by atomic mass is 10.1. The second-order valence-electron chi connectivity index (χ2n) is 6.77. The fourth-order valence-electron chi connectivity index (χ4n) is 3.73. The quantitative estimate of drug-likeness (QED) is 0.736. The summed E-state index contributed by atoms with van der Waals surface area (Å²) in [7, 11) is 0. The number of anilines is 2. The highest BCUT2D eigenvalue weighted by molar-refractivity contribution is 6.31. The van der Waals surface area contributed by atoms with Gasteiger partial charge in [-0.1, -0.05) is 29.3 Å². The van der Waals surface area contributed by atoms with E-state index in [0.717, 1.165) is 31.9 Å². The Balaban J connectivity index is 1.44. The number of carbonyl (C=O) groups excluding carboxylic acids is 2. The maximum Gasteiger partial charge on any atom is 0.251 e. The number of hydrogen-bond donors (Lipinski definition) is 0. The minimum absolute atomic E-state index is 0.165. The monoisotopic (exact) mass is 403 g/mol. The molecule has 2 fully saturated rings. The molecule has 1 atom stereocenters. The molecule has 0 aromatic heterocycles. The third kappa shape index (κ3) is 3.68. The van der Waals surface area contributed by atoms with Crippen LogP contribution in [-0.2, 0) is 9.59 Å². The second kappa shape index (κ2) is 7.50. The maximum atomic E-state index is 12.9. The summed E-state index contributed by atoms with van der Waals surface area (Å²) in [5.41, 5.74) is 1.66. The molecule has 0 saturated carbocycles. The number of piperazine rings is 1. The lowest BCUT2D eigenvalue weighted by Gasteiger charge is -2.38. The molecule has 0 unspecified atom stereocenters. The molecular weight excluding hydrogens is 385 g/mol. The Labute approximate surface area is 168 Å². The first kappa shape index (κ1) is 18.3. The molecule has 7 heteroatoms. The Morgan fingerprint density at radius 1 is 0.815 bits per heavy atom. The van der Waals surface area contributed by atoms with Gasteiger partial charge in [-0.2, -0.15) is 0 Å². The normalized spacial score (nSPS) is 21.2. The minimum Gasteiger partial charge on any atom is -0.369 e. The second-order valence-corrected chi connectivity index (χ2v) is 7.64. The molecule has 2 saturated heterocycles. The summed E-state index contributed by atoms with van der Waals surface area (Å²) in [6.45, 7) is 3.07. The van der Waals surface area contributed by atoms with Crippen LogP contribution >= 0.6 is 23.2 Å². The molecule has 27 heavy (non-hydrogen) atoms. The zero-order valence-corrected chi connectivity index (χ0v) is 16.2. The molecule has 4 rings (SSSR count). The fraction of sp³-hybridized carbons (Fsp3) is 0.300. The number of rotatable bonds is 3. The van der Waals surface area contributed by atoms with Crippen LogP contribution in [0.15, 0.2) is 48.5 Å². The summed E-state index contributed by atoms with van der Waals surface area (Å²) < 4.78 is 0. The van der Waals surface area contributed by atoms with Crippen LogP contribution in [0.5, 0.6) is 0 Å². The van der Waals surface area contributed by atoms with Crippen molar-refractivity contribution < 1.29 is 9.59 Å². The lowest BCUT2D eigenvalue weighted by Crippen LogP contribution is -2.52. The summed E-state index contributed by atoms with van der Waals surface area (Å²) in [6, 6.07) is 14.2. The number of halogens is 2. The number of imide groups is 1. The number of hydrogen-bond acceptors (Lipinski definition) is 4. The van der Waals surface area contributed by atoms with Crippen LogP contribution in [0.1, 0.15) is 6.42 Å². The van der Waals surface area contributed by atoms with E-state index < -0.39 is 6.04 Å². The van der Waals surface area contributed by atoms with Crippen LogP contribution in [0.2, 0.25) is 10.0 Å². The number of amides is 2. The Kier molecular flexibility index (Phi) is 5.08. The van der Waals surface area contributed by atoms with Crippen molar-refractivity contribution in [2.75, 3.05) is 36.0 Å². The summed E-state index contributed by atoms with van der Waals surface area (Å²) in [6.07, 6.45) is 0.215. The van der Waals surface area contributed by atoms with Crippen molar-refractivity contribution in [2.45, 2.75) is 12.5 Å². The molecule has 0 spiro atoms. The van der Waals surface area contributed by atoms with Gasteiger partial charge in [0.2, 0.25) is 5.91 Å². The van der Waals surface area contributed by atoms with E-state index in [1.54, 1.807) is 24.3 Å². The first-order chi connectivity index (χ1) is 13.0. The van der Waals surface area contributed by atoms with Crippen LogP contribution in [0.3, 0.4) is 0 Å². The van der Waals surface area contributed by atoms with E-state index in [4.69, 9.17) is 23.2 Å². The van der Waals surface area contributed by atoms with Crippen LogP contribution in [0.4, 0.5) is 11.4 Å². The molecule has 2 aliphatic heterocycles. The van der Waals surface area contributed by atoms with Crippen LogP contribution < -0.4 is 9.80 Å². The topological polar surface area (TPSA) is 43.9 Å². The standard InChI is InChI=1S/C20H19Cl2N3O2/c21-14-4-6-16(7-5-14)23-8-10-24(11-9-23)18-13-19(26)25(20(18)27)17-3-1-2-15(22)12-17/h1-7,12,18H,8-11,13H2/t18-/m1/s1. The largest absolute Gasteiger partial charge is 0.369 e. The molecule has 2 heterocycles. The van der Waals surface area contributed by atoms with Gasteiger partial charge in [-0.25, -0.2) is 4.90 Å². The van der Waals surface area contributed by atoms with Crippen molar-refractivity contribution in [3.8, 4) is 0 Å². The van der Waals surface area contributed by atoms with Crippen molar-refractivity contribution in [1.82, 2.24) is 4.90 Å². The molecule has 2 aromatic carbocycles. The van der Waals surface area contributed by atoms with E-state index in [1.807, 2.05) is 24.3 Å². The van der Waals surface area contributed by atoms with Gasteiger partial charge in [0.15, 0.2) is 0 Å². The average Bonchev–Trinajstić information content (AvgIpc) is 2.97. The molecule has 0 aliphatic carbocycles. The van der Waals surface area contributed by atoms with Crippen LogP contribution in [0, 0.1) is 0 Å². The third-order valence-corrected chi connectivity index (χ3v) is 5.62. The molecular formula is C20H19Cl2N3O2. The molecule has 0 N–H and O–H groups in total. The van der Waals surface area contributed by atoms with E-state index in [-0.39, 0.29) is 18.2 Å². The van der Waals surface area contributed by atoms with Gasteiger partial charge in [-0.05, 0) is 42.5 Å². The van der Waals surface area contributed by atoms with Gasteiger partial charge in [0.25, 0.3) is 5.91 Å². The maximum absolute atomic E-state index is 12.9. The van der Waals surface area contributed by atoms with Gasteiger partial charge < -0.3 is 4.90 Å². The molecule has 2 amide bonds. The minimum atomic E-state index is -0.399. The van der Waals surface area contributed by atoms with E-state index in [1.165, 1.54) is 4.90 Å². The van der Waals surface area contributed by atoms with Crippen molar-refractivity contribution in [2.24, 2.45) is 0 Å². The number of nitrogens with zero attached hydrogens (tertiary/aromatic N) is 3. The molecule has 0 radical (unpaired) electrons. The lowest BCUT2D eigenvalue weighted by molar-refractivity contribution is -0.123. The van der Waals surface area contributed by atoms with E-state index >= 15 is 0 Å². The van der Waals surface area contributed by atoms with Gasteiger partial charge in [-0.15, -0.1) is 0 Å². The zero-order chi connectivity index (χ0) is 19.0. The SMILES string of the molecule is O=C1C[C@@H](N2CCN(c3ccc(Cl)cc3)CC2)C(=O)N1c1cccc(Cl)c1. The highest BCUT2D eigenvalue weighted by Gasteiger charge is 2.43.